The van der Waals surface area contributed by atoms with Crippen molar-refractivity contribution in [2.24, 2.45) is 45.5 Å². The number of carbonyl (C=O) groups is 1. The molecular weight excluding hydrogens is 433 g/mol. The van der Waals surface area contributed by atoms with Crippen molar-refractivity contribution in [3.05, 3.63) is 0 Å². The van der Waals surface area contributed by atoms with Crippen LogP contribution in [0.15, 0.2) is 5.10 Å². The Morgan fingerprint density at radius 1 is 1.12 bits per heavy atom. The van der Waals surface area contributed by atoms with E-state index in [1.54, 1.807) is 12.0 Å². The van der Waals surface area contributed by atoms with Crippen molar-refractivity contribution in [3.63, 3.8) is 0 Å². The Balaban J connectivity index is 1.38. The van der Waals surface area contributed by atoms with E-state index < -0.39 is 29.0 Å². The Morgan fingerprint density at radius 2 is 1.88 bits per heavy atom. The number of alkyl halides is 3. The second-order valence-electron chi connectivity index (χ2n) is 12.0. The fourth-order valence-corrected chi connectivity index (χ4v) is 8.90. The van der Waals surface area contributed by atoms with Crippen LogP contribution in [0.5, 0.6) is 0 Å². The van der Waals surface area contributed by atoms with Crippen LogP contribution < -0.4 is 11.0 Å². The van der Waals surface area contributed by atoms with Gasteiger partial charge in [-0.25, -0.2) is 5.53 Å². The number of carbonyl (C=O) groups excluding carboxylic acids is 1. The number of nitrogens with zero attached hydrogens (tertiary/aromatic N) is 2. The van der Waals surface area contributed by atoms with Crippen molar-refractivity contribution in [3.8, 4) is 0 Å². The van der Waals surface area contributed by atoms with Crippen LogP contribution in [0, 0.1) is 40.4 Å². The minimum Gasteiger partial charge on any atom is -0.390 e. The molecule has 0 aromatic heterocycles. The number of ketones is 1. The Hall–Kier alpha value is -1.35. The standard InChI is InChI=1S/C24H37F3N4O2/c1-14-28-30-31(29-14)13-20(32)19-7-6-17-16-5-4-15-12-21(2,33)10-11-23(15,24(25,26)27)18(16)8-9-22(17,19)3/h15-19,30,33H,4-13H2,1-3H3,(H,28,29)/t15-,16-,17-,18-,19+,21+,22-,23+/m0/s1. The van der Waals surface area contributed by atoms with Gasteiger partial charge in [-0.1, -0.05) is 6.92 Å². The van der Waals surface area contributed by atoms with Crippen LogP contribution >= 0.6 is 0 Å². The number of amidine groups is 1. The summed E-state index contributed by atoms with van der Waals surface area (Å²) in [7, 11) is 0. The van der Waals surface area contributed by atoms with Crippen molar-refractivity contribution in [1.29, 1.82) is 0 Å². The van der Waals surface area contributed by atoms with Gasteiger partial charge in [-0.3, -0.25) is 10.2 Å². The molecule has 0 bridgehead atoms. The van der Waals surface area contributed by atoms with E-state index in [2.05, 4.69) is 23.0 Å². The summed E-state index contributed by atoms with van der Waals surface area (Å²) in [5.74, 6) is -0.0183. The molecule has 33 heavy (non-hydrogen) atoms. The smallest absolute Gasteiger partial charge is 0.390 e. The predicted molar refractivity (Wildman–Crippen MR) is 117 cm³/mol. The first-order valence-corrected chi connectivity index (χ1v) is 12.5. The van der Waals surface area contributed by atoms with E-state index in [0.717, 1.165) is 19.3 Å². The molecule has 0 radical (unpaired) electrons. The zero-order valence-corrected chi connectivity index (χ0v) is 19.8. The molecule has 6 nitrogen and oxygen atoms in total. The summed E-state index contributed by atoms with van der Waals surface area (Å²) in [5.41, 5.74) is 2.87. The highest BCUT2D eigenvalue weighted by molar-refractivity contribution is 5.85. The molecule has 0 saturated heterocycles. The first-order valence-electron chi connectivity index (χ1n) is 12.5. The summed E-state index contributed by atoms with van der Waals surface area (Å²) < 4.78 is 44.5. The second kappa shape index (κ2) is 7.57. The van der Waals surface area contributed by atoms with Gasteiger partial charge in [-0.2, -0.15) is 13.2 Å². The number of hydrogen-bond donors (Lipinski definition) is 3. The number of nitrogens with one attached hydrogen (secondary N) is 2. The lowest BCUT2D eigenvalue weighted by Gasteiger charge is -2.62. The van der Waals surface area contributed by atoms with Crippen LogP contribution in [0.25, 0.3) is 0 Å². The molecule has 1 aliphatic heterocycles. The molecule has 8 atom stereocenters. The molecule has 1 heterocycles. The number of hydrazine groups is 2. The van der Waals surface area contributed by atoms with E-state index in [1.807, 2.05) is 6.92 Å². The molecule has 4 saturated carbocycles. The molecule has 186 valence electrons. The van der Waals surface area contributed by atoms with Gasteiger partial charge in [-0.05, 0) is 101 Å². The minimum absolute atomic E-state index is 0.0103. The van der Waals surface area contributed by atoms with E-state index in [1.165, 1.54) is 0 Å². The fourth-order valence-electron chi connectivity index (χ4n) is 8.90. The van der Waals surface area contributed by atoms with Crippen LogP contribution in [-0.2, 0) is 4.79 Å². The maximum absolute atomic E-state index is 14.8. The summed E-state index contributed by atoms with van der Waals surface area (Å²) in [6.45, 7) is 5.85. The SMILES string of the molecule is CC1=NNN(CC(=O)[C@H]2CC[C@H]3[C@@H]4CC[C@H]5C[C@](C)(O)CC[C@]5(C(F)(F)F)[C@H]4CC[C@]23C)N1. The molecule has 9 heteroatoms. The van der Waals surface area contributed by atoms with Crippen molar-refractivity contribution < 1.29 is 23.1 Å². The lowest BCUT2D eigenvalue weighted by molar-refractivity contribution is -0.310. The average Bonchev–Trinajstić information content (AvgIpc) is 3.28. The number of hydrogen-bond acceptors (Lipinski definition) is 6. The molecule has 0 unspecified atom stereocenters. The number of fused-ring (bicyclic) bond motifs is 5. The predicted octanol–water partition coefficient (Wildman–Crippen LogP) is 4.17. The number of hydrazone groups is 1. The third kappa shape index (κ3) is 3.51. The molecule has 0 aromatic carbocycles. The van der Waals surface area contributed by atoms with E-state index in [9.17, 15) is 23.1 Å². The number of halogens is 3. The Morgan fingerprint density at radius 3 is 2.55 bits per heavy atom. The van der Waals surface area contributed by atoms with Gasteiger partial charge in [0.15, 0.2) is 5.78 Å². The molecule has 0 amide bonds. The first-order chi connectivity index (χ1) is 15.4. The van der Waals surface area contributed by atoms with Gasteiger partial charge in [0.1, 0.15) is 5.84 Å². The molecular formula is C24H37F3N4O2. The van der Waals surface area contributed by atoms with Gasteiger partial charge >= 0.3 is 6.18 Å². The van der Waals surface area contributed by atoms with Gasteiger partial charge in [-0.15, -0.1) is 10.2 Å². The summed E-state index contributed by atoms with van der Waals surface area (Å²) in [5, 5.41) is 16.2. The highest BCUT2D eigenvalue weighted by Crippen LogP contribution is 2.71. The first kappa shape index (κ1) is 23.4. The summed E-state index contributed by atoms with van der Waals surface area (Å²) in [6.07, 6.45) is 0.343. The van der Waals surface area contributed by atoms with Crippen LogP contribution in [-0.4, -0.2) is 40.2 Å². The molecule has 5 aliphatic rings. The fraction of sp³-hybridized carbons (Fsp3) is 0.917. The van der Waals surface area contributed by atoms with E-state index >= 15 is 0 Å². The average molecular weight is 471 g/mol. The Kier molecular flexibility index (Phi) is 5.37. The number of rotatable bonds is 3. The van der Waals surface area contributed by atoms with Crippen LogP contribution in [0.3, 0.4) is 0 Å². The van der Waals surface area contributed by atoms with Crippen LogP contribution in [0.1, 0.15) is 78.6 Å². The van der Waals surface area contributed by atoms with Crippen LogP contribution in [0.4, 0.5) is 13.2 Å². The van der Waals surface area contributed by atoms with Gasteiger partial charge < -0.3 is 5.11 Å². The third-order valence-electron chi connectivity index (χ3n) is 10.3. The monoisotopic (exact) mass is 470 g/mol. The second-order valence-corrected chi connectivity index (χ2v) is 12.0. The highest BCUT2D eigenvalue weighted by Gasteiger charge is 2.71. The van der Waals surface area contributed by atoms with Gasteiger partial charge in [0.2, 0.25) is 0 Å². The third-order valence-corrected chi connectivity index (χ3v) is 10.3. The van der Waals surface area contributed by atoms with Crippen molar-refractivity contribution in [2.45, 2.75) is 90.3 Å². The largest absolute Gasteiger partial charge is 0.395 e. The lowest BCUT2D eigenvalue weighted by atomic mass is 9.43. The minimum atomic E-state index is -4.26. The number of aliphatic hydroxyl groups is 1. The lowest BCUT2D eigenvalue weighted by Crippen LogP contribution is -2.62. The number of Topliss-reactive ketones (excluding diaryl/α,β-unsaturated/α-hetero) is 1. The summed E-state index contributed by atoms with van der Waals surface area (Å²) >= 11 is 0. The topological polar surface area (TPSA) is 77.0 Å². The van der Waals surface area contributed by atoms with Gasteiger partial charge in [0.05, 0.1) is 17.6 Å². The molecule has 4 fully saturated rings. The van der Waals surface area contributed by atoms with Crippen molar-refractivity contribution >= 4 is 11.6 Å². The Bertz CT molecular complexity index is 846. The maximum Gasteiger partial charge on any atom is 0.395 e. The normalized spacial score (nSPS) is 47.6. The quantitative estimate of drug-likeness (QED) is 0.577. The molecule has 0 aromatic rings. The Labute approximate surface area is 193 Å². The van der Waals surface area contributed by atoms with Crippen molar-refractivity contribution in [2.75, 3.05) is 6.54 Å². The van der Waals surface area contributed by atoms with Gasteiger partial charge in [0, 0.05) is 5.92 Å². The molecule has 3 N–H and O–H groups in total. The summed E-state index contributed by atoms with van der Waals surface area (Å²) in [6, 6.07) is 0. The van der Waals surface area contributed by atoms with E-state index in [0.29, 0.717) is 25.1 Å². The van der Waals surface area contributed by atoms with Gasteiger partial charge in [0.25, 0.3) is 0 Å². The van der Waals surface area contributed by atoms with E-state index in [-0.39, 0.29) is 54.8 Å². The molecule has 4 aliphatic carbocycles. The summed E-state index contributed by atoms with van der Waals surface area (Å²) in [4.78, 5) is 13.3. The van der Waals surface area contributed by atoms with Crippen LogP contribution in [0.2, 0.25) is 0 Å². The zero-order valence-electron chi connectivity index (χ0n) is 19.8. The zero-order chi connectivity index (χ0) is 23.8. The maximum atomic E-state index is 14.8. The van der Waals surface area contributed by atoms with E-state index in [4.69, 9.17) is 0 Å². The highest BCUT2D eigenvalue weighted by atomic mass is 19.4. The molecule has 5 rings (SSSR count). The van der Waals surface area contributed by atoms with Crippen molar-refractivity contribution in [1.82, 2.24) is 16.1 Å². The molecule has 0 spiro atoms.